The molecule has 1 aromatic carbocycles. The topological polar surface area (TPSA) is 42.4 Å². The van der Waals surface area contributed by atoms with E-state index in [2.05, 4.69) is 24.6 Å². The van der Waals surface area contributed by atoms with E-state index >= 15 is 0 Å². The molecular formula is C26H37N2O2+. The van der Waals surface area contributed by atoms with Gasteiger partial charge in [-0.1, -0.05) is 25.8 Å². The highest BCUT2D eigenvalue weighted by Gasteiger charge is 2.53. The molecule has 0 spiro atoms. The van der Waals surface area contributed by atoms with E-state index in [1.807, 2.05) is 30.5 Å². The second-order valence-corrected chi connectivity index (χ2v) is 9.39. The molecule has 2 bridgehead atoms. The van der Waals surface area contributed by atoms with Crippen molar-refractivity contribution in [2.24, 2.45) is 11.8 Å². The lowest BCUT2D eigenvalue weighted by Gasteiger charge is -2.58. The summed E-state index contributed by atoms with van der Waals surface area (Å²) in [7, 11) is 1.69. The van der Waals surface area contributed by atoms with Crippen LogP contribution in [0.15, 0.2) is 43.1 Å². The van der Waals surface area contributed by atoms with Crippen LogP contribution in [0.25, 0.3) is 10.9 Å². The molecule has 30 heavy (non-hydrogen) atoms. The molecule has 1 aromatic heterocycles. The number of aliphatic hydroxyl groups is 1. The summed E-state index contributed by atoms with van der Waals surface area (Å²) >= 11 is 0. The number of aliphatic hydroxyl groups excluding tert-OH is 1. The van der Waals surface area contributed by atoms with Gasteiger partial charge in [-0.25, -0.2) is 0 Å². The van der Waals surface area contributed by atoms with Crippen LogP contribution in [0.3, 0.4) is 0 Å². The van der Waals surface area contributed by atoms with Gasteiger partial charge in [-0.15, -0.1) is 6.58 Å². The largest absolute Gasteiger partial charge is 0.497 e. The quantitative estimate of drug-likeness (QED) is 0.349. The van der Waals surface area contributed by atoms with Crippen LogP contribution in [0, 0.1) is 11.8 Å². The molecule has 0 amide bonds. The van der Waals surface area contributed by atoms with Crippen LogP contribution < -0.4 is 4.74 Å². The molecule has 5 rings (SSSR count). The minimum absolute atomic E-state index is 0.248. The number of methoxy groups -OCH3 is 1. The van der Waals surface area contributed by atoms with Crippen LogP contribution in [-0.2, 0) is 0 Å². The Morgan fingerprint density at radius 3 is 2.93 bits per heavy atom. The van der Waals surface area contributed by atoms with Crippen LogP contribution in [-0.4, -0.2) is 47.4 Å². The molecule has 3 aliphatic heterocycles. The second kappa shape index (κ2) is 9.07. The maximum absolute atomic E-state index is 11.7. The van der Waals surface area contributed by atoms with E-state index in [1.165, 1.54) is 45.2 Å². The Morgan fingerprint density at radius 1 is 1.30 bits per heavy atom. The van der Waals surface area contributed by atoms with Crippen molar-refractivity contribution in [1.29, 1.82) is 0 Å². The summed E-state index contributed by atoms with van der Waals surface area (Å²) in [5, 5.41) is 12.8. The summed E-state index contributed by atoms with van der Waals surface area (Å²) in [5.41, 5.74) is 1.92. The van der Waals surface area contributed by atoms with Crippen LogP contribution in [0.1, 0.15) is 57.1 Å². The molecule has 3 fully saturated rings. The molecule has 0 saturated carbocycles. The van der Waals surface area contributed by atoms with Crippen LogP contribution in [0.2, 0.25) is 0 Å². The van der Waals surface area contributed by atoms with Gasteiger partial charge in [0.05, 0.1) is 32.3 Å². The SMILES string of the molecule is C=CC1C[N+]2(CCCCCC)CCC1C[C@H]2[C@@H](O)c1ccnc2ccc(OC)cc12. The summed E-state index contributed by atoms with van der Waals surface area (Å²) < 4.78 is 6.50. The van der Waals surface area contributed by atoms with Gasteiger partial charge in [0, 0.05) is 30.3 Å². The van der Waals surface area contributed by atoms with Gasteiger partial charge in [0.1, 0.15) is 17.9 Å². The van der Waals surface area contributed by atoms with Crippen molar-refractivity contribution in [3.05, 3.63) is 48.7 Å². The fourth-order valence-corrected chi connectivity index (χ4v) is 6.08. The number of pyridine rings is 1. The summed E-state index contributed by atoms with van der Waals surface area (Å²) in [6.07, 6.45) is 11.0. The first-order valence-electron chi connectivity index (χ1n) is 11.7. The lowest BCUT2D eigenvalue weighted by molar-refractivity contribution is -0.973. The lowest BCUT2D eigenvalue weighted by atomic mass is 9.71. The molecule has 4 heteroatoms. The third kappa shape index (κ3) is 3.88. The van der Waals surface area contributed by atoms with E-state index in [9.17, 15) is 5.11 Å². The first kappa shape index (κ1) is 21.3. The van der Waals surface area contributed by atoms with Gasteiger partial charge in [0.15, 0.2) is 0 Å². The van der Waals surface area contributed by atoms with Crippen molar-refractivity contribution in [2.75, 3.05) is 26.7 Å². The standard InChI is InChI=1S/C26H37N2O2/c1-4-6-7-8-14-28-15-12-20(19(5-2)18-28)16-25(28)26(29)22-11-13-27-24-10-9-21(30-3)17-23(22)24/h5,9-11,13,17,19-20,25-26,29H,2,4,6-8,12,14-16,18H2,1,3H3/q+1/t19?,20?,25-,26-,28?/m0/s1. The Labute approximate surface area is 181 Å². The van der Waals surface area contributed by atoms with Crippen LogP contribution in [0.5, 0.6) is 5.75 Å². The predicted molar refractivity (Wildman–Crippen MR) is 122 cm³/mol. The van der Waals surface area contributed by atoms with Crippen molar-refractivity contribution >= 4 is 10.9 Å². The predicted octanol–water partition coefficient (Wildman–Crippen LogP) is 5.27. The van der Waals surface area contributed by atoms with Crippen LogP contribution in [0.4, 0.5) is 0 Å². The Kier molecular flexibility index (Phi) is 6.45. The summed E-state index contributed by atoms with van der Waals surface area (Å²) in [6, 6.07) is 8.21. The number of fused-ring (bicyclic) bond motifs is 4. The molecule has 0 radical (unpaired) electrons. The zero-order valence-corrected chi connectivity index (χ0v) is 18.6. The van der Waals surface area contributed by atoms with E-state index in [-0.39, 0.29) is 6.04 Å². The first-order valence-corrected chi connectivity index (χ1v) is 11.7. The molecule has 4 heterocycles. The van der Waals surface area contributed by atoms with Crippen molar-refractivity contribution in [1.82, 2.24) is 4.98 Å². The van der Waals surface area contributed by atoms with Crippen molar-refractivity contribution in [3.8, 4) is 5.75 Å². The molecule has 4 nitrogen and oxygen atoms in total. The minimum atomic E-state index is -0.484. The molecule has 2 aromatic rings. The number of quaternary nitrogens is 1. The monoisotopic (exact) mass is 409 g/mol. The smallest absolute Gasteiger partial charge is 0.131 e. The molecular weight excluding hydrogens is 372 g/mol. The zero-order chi connectivity index (χ0) is 21.1. The summed E-state index contributed by atoms with van der Waals surface area (Å²) in [6.45, 7) is 9.90. The normalized spacial score (nSPS) is 29.1. The zero-order valence-electron chi connectivity index (χ0n) is 18.6. The number of ether oxygens (including phenoxy) is 1. The Bertz CT molecular complexity index is 882. The van der Waals surface area contributed by atoms with Crippen molar-refractivity contribution in [3.63, 3.8) is 0 Å². The summed E-state index contributed by atoms with van der Waals surface area (Å²) in [5.74, 6) is 2.05. The van der Waals surface area contributed by atoms with E-state index in [0.717, 1.165) is 39.7 Å². The van der Waals surface area contributed by atoms with E-state index in [1.54, 1.807) is 7.11 Å². The highest BCUT2D eigenvalue weighted by Crippen LogP contribution is 2.47. The van der Waals surface area contributed by atoms with E-state index in [4.69, 9.17) is 4.74 Å². The second-order valence-electron chi connectivity index (χ2n) is 9.39. The minimum Gasteiger partial charge on any atom is -0.497 e. The number of hydrogen-bond acceptors (Lipinski definition) is 3. The number of rotatable bonds is 9. The molecule has 5 atom stereocenters. The number of hydrogen-bond donors (Lipinski definition) is 1. The van der Waals surface area contributed by atoms with Gasteiger partial charge in [-0.3, -0.25) is 4.98 Å². The van der Waals surface area contributed by atoms with Gasteiger partial charge in [0.2, 0.25) is 0 Å². The average Bonchev–Trinajstić information content (AvgIpc) is 2.80. The lowest BCUT2D eigenvalue weighted by Crippen LogP contribution is -2.68. The van der Waals surface area contributed by atoms with E-state index < -0.39 is 6.10 Å². The molecule has 3 saturated heterocycles. The van der Waals surface area contributed by atoms with Crippen LogP contribution >= 0.6 is 0 Å². The molecule has 1 N–H and O–H groups in total. The van der Waals surface area contributed by atoms with Crippen molar-refractivity contribution in [2.45, 2.75) is 57.6 Å². The number of piperidine rings is 3. The molecule has 3 aliphatic rings. The maximum Gasteiger partial charge on any atom is 0.131 e. The van der Waals surface area contributed by atoms with Gasteiger partial charge < -0.3 is 14.3 Å². The van der Waals surface area contributed by atoms with Gasteiger partial charge in [0.25, 0.3) is 0 Å². The number of benzene rings is 1. The van der Waals surface area contributed by atoms with Gasteiger partial charge in [-0.2, -0.15) is 0 Å². The Morgan fingerprint density at radius 2 is 2.17 bits per heavy atom. The average molecular weight is 410 g/mol. The first-order chi connectivity index (χ1) is 14.6. The number of aromatic nitrogens is 1. The number of unbranched alkanes of at least 4 members (excludes halogenated alkanes) is 3. The highest BCUT2D eigenvalue weighted by atomic mass is 16.5. The Balaban J connectivity index is 1.67. The maximum atomic E-state index is 11.7. The third-order valence-corrected chi connectivity index (χ3v) is 7.80. The Hall–Kier alpha value is -1.91. The van der Waals surface area contributed by atoms with Crippen molar-refractivity contribution < 1.29 is 14.3 Å². The third-order valence-electron chi connectivity index (χ3n) is 7.80. The molecule has 3 unspecified atom stereocenters. The fraction of sp³-hybridized carbons (Fsp3) is 0.577. The van der Waals surface area contributed by atoms with E-state index in [0.29, 0.717) is 11.8 Å². The molecule has 162 valence electrons. The highest BCUT2D eigenvalue weighted by molar-refractivity contribution is 5.83. The molecule has 0 aliphatic carbocycles. The fourth-order valence-electron chi connectivity index (χ4n) is 6.08. The summed E-state index contributed by atoms with van der Waals surface area (Å²) in [4.78, 5) is 4.52. The van der Waals surface area contributed by atoms with Gasteiger partial charge in [-0.05, 0) is 48.6 Å². The number of nitrogens with zero attached hydrogens (tertiary/aromatic N) is 2. The van der Waals surface area contributed by atoms with Gasteiger partial charge >= 0.3 is 0 Å².